The molecular weight excluding hydrogens is 314 g/mol. The van der Waals surface area contributed by atoms with Crippen LogP contribution in [0, 0.1) is 13.8 Å². The summed E-state index contributed by atoms with van der Waals surface area (Å²) in [7, 11) is 4.34. The number of hydrogen-bond donors (Lipinski definition) is 1. The van der Waals surface area contributed by atoms with Gasteiger partial charge >= 0.3 is 0 Å². The van der Waals surface area contributed by atoms with Gasteiger partial charge in [-0.2, -0.15) is 5.10 Å². The van der Waals surface area contributed by atoms with Crippen molar-refractivity contribution in [2.24, 2.45) is 0 Å². The van der Waals surface area contributed by atoms with Crippen molar-refractivity contribution in [3.05, 3.63) is 41.3 Å². The summed E-state index contributed by atoms with van der Waals surface area (Å²) in [6.45, 7) is 7.64. The molecule has 1 fully saturated rings. The van der Waals surface area contributed by atoms with Gasteiger partial charge in [0, 0.05) is 49.3 Å². The van der Waals surface area contributed by atoms with Gasteiger partial charge in [0.05, 0.1) is 5.69 Å². The lowest BCUT2D eigenvalue weighted by molar-refractivity contribution is -0.00717. The summed E-state index contributed by atoms with van der Waals surface area (Å²) in [5.74, 6) is 0.864. The minimum atomic E-state index is 0.178. The van der Waals surface area contributed by atoms with Crippen molar-refractivity contribution in [1.82, 2.24) is 25.0 Å². The van der Waals surface area contributed by atoms with E-state index >= 15 is 0 Å². The molecule has 0 amide bonds. The molecular formula is C19H29N5O. The molecule has 2 aromatic rings. The average molecular weight is 343 g/mol. The highest BCUT2D eigenvalue weighted by molar-refractivity contribution is 5.32. The number of rotatable bonds is 6. The van der Waals surface area contributed by atoms with Crippen molar-refractivity contribution in [2.75, 3.05) is 33.9 Å². The molecule has 1 aliphatic heterocycles. The maximum absolute atomic E-state index is 5.56. The molecule has 0 unspecified atom stereocenters. The zero-order chi connectivity index (χ0) is 17.9. The Balaban J connectivity index is 1.70. The molecule has 6 heteroatoms. The lowest BCUT2D eigenvalue weighted by atomic mass is 9.88. The van der Waals surface area contributed by atoms with Crippen molar-refractivity contribution in [3.63, 3.8) is 0 Å². The standard InChI is InChI=1S/C19H29N5O/c1-15-17(16(2)24(22-15)18-7-5-6-10-21-18)13-20-14-19(23(3)4)8-11-25-12-9-19/h5-7,10,20H,8-9,11-14H2,1-4H3. The molecule has 25 heavy (non-hydrogen) atoms. The summed E-state index contributed by atoms with van der Waals surface area (Å²) >= 11 is 0. The van der Waals surface area contributed by atoms with E-state index in [1.807, 2.05) is 22.9 Å². The van der Waals surface area contributed by atoms with Crippen molar-refractivity contribution in [3.8, 4) is 5.82 Å². The first-order valence-electron chi connectivity index (χ1n) is 8.96. The molecule has 2 aromatic heterocycles. The van der Waals surface area contributed by atoms with Crippen LogP contribution in [0.1, 0.15) is 29.8 Å². The van der Waals surface area contributed by atoms with E-state index < -0.39 is 0 Å². The minimum absolute atomic E-state index is 0.178. The van der Waals surface area contributed by atoms with E-state index in [1.54, 1.807) is 6.20 Å². The smallest absolute Gasteiger partial charge is 0.153 e. The summed E-state index contributed by atoms with van der Waals surface area (Å²) < 4.78 is 7.49. The predicted octanol–water partition coefficient (Wildman–Crippen LogP) is 2.08. The Morgan fingerprint density at radius 2 is 2.00 bits per heavy atom. The molecule has 3 heterocycles. The number of nitrogens with one attached hydrogen (secondary N) is 1. The number of pyridine rings is 1. The van der Waals surface area contributed by atoms with Crippen molar-refractivity contribution in [2.45, 2.75) is 38.8 Å². The highest BCUT2D eigenvalue weighted by atomic mass is 16.5. The van der Waals surface area contributed by atoms with Gasteiger partial charge in [0.25, 0.3) is 0 Å². The molecule has 1 saturated heterocycles. The van der Waals surface area contributed by atoms with Crippen LogP contribution in [-0.2, 0) is 11.3 Å². The molecule has 1 N–H and O–H groups in total. The largest absolute Gasteiger partial charge is 0.381 e. The normalized spacial score (nSPS) is 17.2. The minimum Gasteiger partial charge on any atom is -0.381 e. The number of hydrogen-bond acceptors (Lipinski definition) is 5. The van der Waals surface area contributed by atoms with Crippen LogP contribution >= 0.6 is 0 Å². The summed E-state index contributed by atoms with van der Waals surface area (Å²) in [5.41, 5.74) is 3.64. The average Bonchev–Trinajstić information content (AvgIpc) is 2.91. The lowest BCUT2D eigenvalue weighted by Crippen LogP contribution is -2.54. The second-order valence-electron chi connectivity index (χ2n) is 7.08. The Hall–Kier alpha value is -1.76. The number of nitrogens with zero attached hydrogens (tertiary/aromatic N) is 4. The van der Waals surface area contributed by atoms with Gasteiger partial charge in [-0.25, -0.2) is 9.67 Å². The second kappa shape index (κ2) is 7.64. The zero-order valence-electron chi connectivity index (χ0n) is 15.7. The van der Waals surface area contributed by atoms with Crippen LogP contribution in [0.4, 0.5) is 0 Å². The first-order chi connectivity index (χ1) is 12.0. The van der Waals surface area contributed by atoms with Gasteiger partial charge in [0.15, 0.2) is 5.82 Å². The highest BCUT2D eigenvalue weighted by Gasteiger charge is 2.34. The summed E-state index contributed by atoms with van der Waals surface area (Å²) in [6.07, 6.45) is 3.94. The molecule has 1 aliphatic rings. The molecule has 0 radical (unpaired) electrons. The Morgan fingerprint density at radius 1 is 1.24 bits per heavy atom. The van der Waals surface area contributed by atoms with Crippen LogP contribution in [-0.4, -0.2) is 59.1 Å². The zero-order valence-corrected chi connectivity index (χ0v) is 15.7. The third-order valence-electron chi connectivity index (χ3n) is 5.44. The first kappa shape index (κ1) is 18.0. The summed E-state index contributed by atoms with van der Waals surface area (Å²) in [4.78, 5) is 6.76. The highest BCUT2D eigenvalue weighted by Crippen LogP contribution is 2.25. The molecule has 0 bridgehead atoms. The fraction of sp³-hybridized carbons (Fsp3) is 0.579. The van der Waals surface area contributed by atoms with Gasteiger partial charge < -0.3 is 15.0 Å². The van der Waals surface area contributed by atoms with E-state index in [-0.39, 0.29) is 5.54 Å². The monoisotopic (exact) mass is 343 g/mol. The summed E-state index contributed by atoms with van der Waals surface area (Å²) in [5, 5.41) is 8.35. The van der Waals surface area contributed by atoms with Crippen LogP contribution in [0.3, 0.4) is 0 Å². The molecule has 6 nitrogen and oxygen atoms in total. The molecule has 0 aliphatic carbocycles. The molecule has 136 valence electrons. The molecule has 0 saturated carbocycles. The molecule has 3 rings (SSSR count). The first-order valence-corrected chi connectivity index (χ1v) is 8.96. The van der Waals surface area contributed by atoms with Crippen molar-refractivity contribution < 1.29 is 4.74 Å². The molecule has 0 atom stereocenters. The van der Waals surface area contributed by atoms with E-state index in [0.29, 0.717) is 0 Å². The lowest BCUT2D eigenvalue weighted by Gasteiger charge is -2.43. The van der Waals surface area contributed by atoms with Crippen molar-refractivity contribution >= 4 is 0 Å². The van der Waals surface area contributed by atoms with Gasteiger partial charge in [-0.05, 0) is 52.9 Å². The van der Waals surface area contributed by atoms with Crippen LogP contribution in [0.5, 0.6) is 0 Å². The van der Waals surface area contributed by atoms with Gasteiger partial charge in [-0.15, -0.1) is 0 Å². The van der Waals surface area contributed by atoms with Crippen LogP contribution in [0.2, 0.25) is 0 Å². The Kier molecular flexibility index (Phi) is 5.51. The molecule has 0 spiro atoms. The number of ether oxygens (including phenoxy) is 1. The van der Waals surface area contributed by atoms with E-state index in [0.717, 1.165) is 56.4 Å². The number of likely N-dealkylation sites (N-methyl/N-ethyl adjacent to an activating group) is 1. The SMILES string of the molecule is Cc1nn(-c2ccccn2)c(C)c1CNCC1(N(C)C)CCOCC1. The van der Waals surface area contributed by atoms with Gasteiger partial charge in [0.1, 0.15) is 0 Å². The third-order valence-corrected chi connectivity index (χ3v) is 5.44. The third kappa shape index (κ3) is 3.76. The predicted molar refractivity (Wildman–Crippen MR) is 99.0 cm³/mol. The topological polar surface area (TPSA) is 55.2 Å². The Bertz CT molecular complexity index is 689. The number of aromatic nitrogens is 3. The molecule has 0 aromatic carbocycles. The maximum Gasteiger partial charge on any atom is 0.153 e. The maximum atomic E-state index is 5.56. The van der Waals surface area contributed by atoms with Gasteiger partial charge in [-0.1, -0.05) is 6.07 Å². The second-order valence-corrected chi connectivity index (χ2v) is 7.08. The Labute approximate surface area is 150 Å². The van der Waals surface area contributed by atoms with Crippen LogP contribution in [0.15, 0.2) is 24.4 Å². The quantitative estimate of drug-likeness (QED) is 0.870. The van der Waals surface area contributed by atoms with Gasteiger partial charge in [0.2, 0.25) is 0 Å². The van der Waals surface area contributed by atoms with Crippen LogP contribution in [0.25, 0.3) is 5.82 Å². The van der Waals surface area contributed by atoms with Crippen LogP contribution < -0.4 is 5.32 Å². The van der Waals surface area contributed by atoms with Crippen molar-refractivity contribution in [1.29, 1.82) is 0 Å². The van der Waals surface area contributed by atoms with E-state index in [2.05, 4.69) is 48.2 Å². The number of aryl methyl sites for hydroxylation is 1. The van der Waals surface area contributed by atoms with E-state index in [9.17, 15) is 0 Å². The fourth-order valence-corrected chi connectivity index (χ4v) is 3.59. The summed E-state index contributed by atoms with van der Waals surface area (Å²) in [6, 6.07) is 5.90. The fourth-order valence-electron chi connectivity index (χ4n) is 3.59. The van der Waals surface area contributed by atoms with Gasteiger partial charge in [-0.3, -0.25) is 0 Å². The Morgan fingerprint density at radius 3 is 2.64 bits per heavy atom. The van der Waals surface area contributed by atoms with E-state index in [4.69, 9.17) is 4.74 Å². The van der Waals surface area contributed by atoms with E-state index in [1.165, 1.54) is 5.56 Å².